The molecule has 2 rings (SSSR count). The Morgan fingerprint density at radius 2 is 2.09 bits per heavy atom. The van der Waals surface area contributed by atoms with Gasteiger partial charge in [-0.1, -0.05) is 0 Å². The molecule has 0 radical (unpaired) electrons. The lowest BCUT2D eigenvalue weighted by molar-refractivity contribution is 0.00211. The van der Waals surface area contributed by atoms with Crippen LogP contribution in [0, 0.1) is 0 Å². The van der Waals surface area contributed by atoms with Gasteiger partial charge in [0.25, 0.3) is 0 Å². The van der Waals surface area contributed by atoms with Crippen LogP contribution in [0.15, 0.2) is 22.8 Å². The van der Waals surface area contributed by atoms with E-state index in [0.717, 1.165) is 0 Å². The first kappa shape index (κ1) is 16.5. The monoisotopic (exact) mass is 308 g/mol. The van der Waals surface area contributed by atoms with E-state index in [0.29, 0.717) is 31.9 Å². The van der Waals surface area contributed by atoms with Crippen molar-refractivity contribution in [1.82, 2.24) is 9.80 Å². The molecule has 1 atom stereocenters. The van der Waals surface area contributed by atoms with Crippen molar-refractivity contribution in [3.63, 3.8) is 0 Å². The number of carbonyl (C=O) groups excluding carboxylic acids is 2. The highest BCUT2D eigenvalue weighted by molar-refractivity contribution is 5.95. The molecule has 0 spiro atoms. The first-order valence-corrected chi connectivity index (χ1v) is 7.55. The summed E-state index contributed by atoms with van der Waals surface area (Å²) in [6, 6.07) is 3.38. The second-order valence-electron chi connectivity index (χ2n) is 6.66. The minimum atomic E-state index is -0.497. The van der Waals surface area contributed by atoms with Gasteiger partial charge in [0.15, 0.2) is 5.76 Å². The minimum absolute atomic E-state index is 0.00741. The molecule has 2 heterocycles. The Morgan fingerprint density at radius 1 is 1.36 bits per heavy atom. The Balaban J connectivity index is 1.87. The summed E-state index contributed by atoms with van der Waals surface area (Å²) in [5.74, 6) is 0.338. The fourth-order valence-corrected chi connectivity index (χ4v) is 2.49. The number of carbonyl (C=O) groups is 2. The maximum atomic E-state index is 12.1. The molecular weight excluding hydrogens is 284 g/mol. The molecule has 6 nitrogen and oxygen atoms in total. The molecule has 1 fully saturated rings. The number of ether oxygens (including phenoxy) is 1. The Hall–Kier alpha value is -1.82. The van der Waals surface area contributed by atoms with Gasteiger partial charge in [0.2, 0.25) is 5.78 Å². The second-order valence-corrected chi connectivity index (χ2v) is 6.66. The molecule has 22 heavy (non-hydrogen) atoms. The molecule has 1 amide bonds. The molecule has 1 saturated heterocycles. The van der Waals surface area contributed by atoms with Gasteiger partial charge in [-0.25, -0.2) is 4.79 Å². The maximum Gasteiger partial charge on any atom is 0.410 e. The lowest BCUT2D eigenvalue weighted by atomic mass is 10.1. The van der Waals surface area contributed by atoms with Crippen molar-refractivity contribution in [2.45, 2.75) is 39.3 Å². The van der Waals surface area contributed by atoms with Gasteiger partial charge in [-0.15, -0.1) is 0 Å². The van der Waals surface area contributed by atoms with E-state index in [4.69, 9.17) is 9.15 Å². The standard InChI is InChI=1S/C16H24N2O4/c1-12-10-17(11-13(19)14-6-5-9-21-14)7-8-18(12)15(20)22-16(2,3)4/h5-6,9,12H,7-8,10-11H2,1-4H3. The third-order valence-corrected chi connectivity index (χ3v) is 3.50. The quantitative estimate of drug-likeness (QED) is 0.802. The zero-order chi connectivity index (χ0) is 16.3. The molecule has 0 aromatic carbocycles. The highest BCUT2D eigenvalue weighted by Crippen LogP contribution is 2.16. The molecule has 1 aliphatic rings. The predicted octanol–water partition coefficient (Wildman–Crippen LogP) is 2.40. The Bertz CT molecular complexity index is 519. The zero-order valence-corrected chi connectivity index (χ0v) is 13.7. The van der Waals surface area contributed by atoms with Gasteiger partial charge in [0, 0.05) is 25.7 Å². The zero-order valence-electron chi connectivity index (χ0n) is 13.7. The summed E-state index contributed by atoms with van der Waals surface area (Å²) in [5.41, 5.74) is -0.497. The average Bonchev–Trinajstić information content (AvgIpc) is 2.90. The second kappa shape index (κ2) is 6.52. The number of Topliss-reactive ketones (excluding diaryl/α,β-unsaturated/α-hetero) is 1. The van der Waals surface area contributed by atoms with Crippen molar-refractivity contribution in [2.75, 3.05) is 26.2 Å². The number of amides is 1. The van der Waals surface area contributed by atoms with Crippen LogP contribution in [0.25, 0.3) is 0 Å². The largest absolute Gasteiger partial charge is 0.461 e. The molecule has 1 aromatic rings. The molecule has 1 aromatic heterocycles. The number of nitrogens with zero attached hydrogens (tertiary/aromatic N) is 2. The molecule has 1 aliphatic heterocycles. The van der Waals surface area contributed by atoms with E-state index in [2.05, 4.69) is 0 Å². The number of piperazine rings is 1. The van der Waals surface area contributed by atoms with Crippen LogP contribution in [-0.2, 0) is 4.74 Å². The van der Waals surface area contributed by atoms with Crippen molar-refractivity contribution in [2.24, 2.45) is 0 Å². The normalized spacial score (nSPS) is 20.0. The van der Waals surface area contributed by atoms with Gasteiger partial charge in [-0.3, -0.25) is 9.69 Å². The van der Waals surface area contributed by atoms with Crippen molar-refractivity contribution >= 4 is 11.9 Å². The van der Waals surface area contributed by atoms with E-state index in [1.807, 2.05) is 32.6 Å². The van der Waals surface area contributed by atoms with Gasteiger partial charge >= 0.3 is 6.09 Å². The number of ketones is 1. The highest BCUT2D eigenvalue weighted by atomic mass is 16.6. The van der Waals surface area contributed by atoms with Crippen LogP contribution in [-0.4, -0.2) is 59.5 Å². The summed E-state index contributed by atoms with van der Waals surface area (Å²) in [5, 5.41) is 0. The van der Waals surface area contributed by atoms with E-state index < -0.39 is 5.60 Å². The smallest absolute Gasteiger partial charge is 0.410 e. The van der Waals surface area contributed by atoms with E-state index in [9.17, 15) is 9.59 Å². The fraction of sp³-hybridized carbons (Fsp3) is 0.625. The maximum absolute atomic E-state index is 12.1. The number of furan rings is 1. The lowest BCUT2D eigenvalue weighted by Gasteiger charge is -2.39. The number of hydrogen-bond acceptors (Lipinski definition) is 5. The van der Waals surface area contributed by atoms with Crippen molar-refractivity contribution in [3.8, 4) is 0 Å². The van der Waals surface area contributed by atoms with Crippen LogP contribution in [0.5, 0.6) is 0 Å². The summed E-state index contributed by atoms with van der Waals surface area (Å²) in [4.78, 5) is 27.9. The van der Waals surface area contributed by atoms with Gasteiger partial charge < -0.3 is 14.1 Å². The highest BCUT2D eigenvalue weighted by Gasteiger charge is 2.31. The van der Waals surface area contributed by atoms with Gasteiger partial charge in [0.05, 0.1) is 12.8 Å². The van der Waals surface area contributed by atoms with Crippen molar-refractivity contribution in [1.29, 1.82) is 0 Å². The summed E-state index contributed by atoms with van der Waals surface area (Å²) in [6.07, 6.45) is 1.20. The lowest BCUT2D eigenvalue weighted by Crippen LogP contribution is -2.55. The van der Waals surface area contributed by atoms with Crippen LogP contribution >= 0.6 is 0 Å². The minimum Gasteiger partial charge on any atom is -0.461 e. The first-order valence-electron chi connectivity index (χ1n) is 7.55. The third-order valence-electron chi connectivity index (χ3n) is 3.50. The Labute approximate surface area is 131 Å². The van der Waals surface area contributed by atoms with Crippen molar-refractivity contribution in [3.05, 3.63) is 24.2 Å². The van der Waals surface area contributed by atoms with Crippen LogP contribution in [0.4, 0.5) is 4.79 Å². The van der Waals surface area contributed by atoms with E-state index in [1.54, 1.807) is 17.0 Å². The van der Waals surface area contributed by atoms with Gasteiger partial charge in [-0.2, -0.15) is 0 Å². The van der Waals surface area contributed by atoms with Gasteiger partial charge in [0.1, 0.15) is 5.60 Å². The number of rotatable bonds is 3. The molecule has 6 heteroatoms. The summed E-state index contributed by atoms with van der Waals surface area (Å²) >= 11 is 0. The first-order chi connectivity index (χ1) is 10.3. The fourth-order valence-electron chi connectivity index (χ4n) is 2.49. The molecular formula is C16H24N2O4. The van der Waals surface area contributed by atoms with Crippen molar-refractivity contribution < 1.29 is 18.7 Å². The summed E-state index contributed by atoms with van der Waals surface area (Å²) < 4.78 is 10.5. The SMILES string of the molecule is CC1CN(CC(=O)c2ccco2)CCN1C(=O)OC(C)(C)C. The van der Waals surface area contributed by atoms with Crippen LogP contribution < -0.4 is 0 Å². The van der Waals surface area contributed by atoms with Crippen LogP contribution in [0.2, 0.25) is 0 Å². The summed E-state index contributed by atoms with van der Waals surface area (Å²) in [7, 11) is 0. The number of hydrogen-bond donors (Lipinski definition) is 0. The third kappa shape index (κ3) is 4.34. The van der Waals surface area contributed by atoms with E-state index in [1.165, 1.54) is 6.26 Å². The molecule has 0 saturated carbocycles. The Kier molecular flexibility index (Phi) is 4.90. The predicted molar refractivity (Wildman–Crippen MR) is 81.9 cm³/mol. The van der Waals surface area contributed by atoms with Crippen LogP contribution in [0.3, 0.4) is 0 Å². The van der Waals surface area contributed by atoms with Crippen LogP contribution in [0.1, 0.15) is 38.2 Å². The summed E-state index contributed by atoms with van der Waals surface area (Å²) in [6.45, 7) is 9.69. The molecule has 0 aliphatic carbocycles. The molecule has 0 bridgehead atoms. The van der Waals surface area contributed by atoms with Gasteiger partial charge in [-0.05, 0) is 39.8 Å². The topological polar surface area (TPSA) is 63.0 Å². The molecule has 1 unspecified atom stereocenters. The molecule has 0 N–H and O–H groups in total. The van der Waals surface area contributed by atoms with E-state index in [-0.39, 0.29) is 17.9 Å². The molecule has 122 valence electrons. The average molecular weight is 308 g/mol. The Morgan fingerprint density at radius 3 is 2.64 bits per heavy atom. The van der Waals surface area contributed by atoms with E-state index >= 15 is 0 Å².